The van der Waals surface area contributed by atoms with Gasteiger partial charge in [-0.25, -0.2) is 8.42 Å². The second kappa shape index (κ2) is 3.58. The van der Waals surface area contributed by atoms with E-state index in [-0.39, 0.29) is 10.6 Å². The first kappa shape index (κ1) is 9.75. The molecule has 0 amide bonds. The van der Waals surface area contributed by atoms with Gasteiger partial charge in [0, 0.05) is 0 Å². The molecule has 0 aliphatic heterocycles. The van der Waals surface area contributed by atoms with Gasteiger partial charge in [-0.05, 0) is 31.2 Å². The van der Waals surface area contributed by atoms with Crippen LogP contribution in [0.2, 0.25) is 0 Å². The van der Waals surface area contributed by atoms with Crippen molar-refractivity contribution in [2.75, 3.05) is 5.75 Å². The fourth-order valence-electron chi connectivity index (χ4n) is 0.855. The standard InChI is InChI=1S/C9H8NO2S/c1-2-13(11,12)9-5-3-8(7-10)4-6-9/h3-6H,1-2H2. The Labute approximate surface area is 77.5 Å². The molecule has 1 radical (unpaired) electrons. The monoisotopic (exact) mass is 194 g/mol. The van der Waals surface area contributed by atoms with Gasteiger partial charge in [0.2, 0.25) is 0 Å². The van der Waals surface area contributed by atoms with Crippen LogP contribution in [0.25, 0.3) is 0 Å². The van der Waals surface area contributed by atoms with Gasteiger partial charge in [0.05, 0.1) is 22.3 Å². The van der Waals surface area contributed by atoms with Crippen molar-refractivity contribution in [3.05, 3.63) is 36.8 Å². The fraction of sp³-hybridized carbons (Fsp3) is 0.111. The van der Waals surface area contributed by atoms with E-state index in [0.717, 1.165) is 0 Å². The van der Waals surface area contributed by atoms with Crippen molar-refractivity contribution in [3.63, 3.8) is 0 Å². The molecular formula is C9H8NO2S. The maximum absolute atomic E-state index is 11.3. The molecule has 0 aromatic heterocycles. The van der Waals surface area contributed by atoms with Crippen molar-refractivity contribution in [1.82, 2.24) is 0 Å². The van der Waals surface area contributed by atoms with E-state index >= 15 is 0 Å². The molecule has 0 atom stereocenters. The van der Waals surface area contributed by atoms with Crippen LogP contribution in [-0.4, -0.2) is 14.2 Å². The Morgan fingerprint density at radius 2 is 1.85 bits per heavy atom. The molecule has 13 heavy (non-hydrogen) atoms. The molecule has 0 spiro atoms. The number of rotatable bonds is 2. The fourth-order valence-corrected chi connectivity index (χ4v) is 1.64. The molecule has 67 valence electrons. The number of hydrogen-bond donors (Lipinski definition) is 0. The van der Waals surface area contributed by atoms with Gasteiger partial charge in [-0.2, -0.15) is 5.26 Å². The molecule has 0 unspecified atom stereocenters. The average Bonchev–Trinajstić information content (AvgIpc) is 2.18. The number of hydrogen-bond acceptors (Lipinski definition) is 3. The van der Waals surface area contributed by atoms with Crippen LogP contribution in [0.1, 0.15) is 5.56 Å². The maximum atomic E-state index is 11.3. The van der Waals surface area contributed by atoms with Crippen molar-refractivity contribution in [2.24, 2.45) is 0 Å². The van der Waals surface area contributed by atoms with Gasteiger partial charge in [0.1, 0.15) is 0 Å². The minimum absolute atomic E-state index is 0.168. The third-order valence-corrected chi connectivity index (χ3v) is 3.14. The van der Waals surface area contributed by atoms with E-state index in [0.29, 0.717) is 5.56 Å². The van der Waals surface area contributed by atoms with Crippen LogP contribution >= 0.6 is 0 Å². The van der Waals surface area contributed by atoms with Crippen molar-refractivity contribution in [2.45, 2.75) is 4.90 Å². The normalized spacial score (nSPS) is 10.8. The molecule has 0 saturated carbocycles. The number of benzene rings is 1. The Morgan fingerprint density at radius 3 is 2.23 bits per heavy atom. The zero-order chi connectivity index (χ0) is 9.90. The summed E-state index contributed by atoms with van der Waals surface area (Å²) in [6.45, 7) is 3.32. The predicted octanol–water partition coefficient (Wildman–Crippen LogP) is 1.17. The minimum Gasteiger partial charge on any atom is -0.224 e. The summed E-state index contributed by atoms with van der Waals surface area (Å²) >= 11 is 0. The highest BCUT2D eigenvalue weighted by atomic mass is 32.2. The molecule has 4 heteroatoms. The first-order chi connectivity index (χ1) is 6.10. The molecule has 0 saturated heterocycles. The van der Waals surface area contributed by atoms with Crippen molar-refractivity contribution in [3.8, 4) is 6.07 Å². The highest BCUT2D eigenvalue weighted by Gasteiger charge is 2.10. The second-order valence-electron chi connectivity index (χ2n) is 2.46. The topological polar surface area (TPSA) is 57.9 Å². The third-order valence-electron chi connectivity index (χ3n) is 1.61. The SMILES string of the molecule is [CH2]CS(=O)(=O)c1ccc(C#N)cc1. The second-order valence-corrected chi connectivity index (χ2v) is 4.56. The maximum Gasteiger partial charge on any atom is 0.178 e. The number of nitriles is 1. The molecule has 1 aromatic carbocycles. The summed E-state index contributed by atoms with van der Waals surface area (Å²) in [7, 11) is -3.24. The number of sulfone groups is 1. The summed E-state index contributed by atoms with van der Waals surface area (Å²) in [5, 5.41) is 8.48. The van der Waals surface area contributed by atoms with Gasteiger partial charge < -0.3 is 0 Å². The van der Waals surface area contributed by atoms with E-state index in [9.17, 15) is 8.42 Å². The van der Waals surface area contributed by atoms with Gasteiger partial charge in [-0.1, -0.05) is 0 Å². The summed E-state index contributed by atoms with van der Waals surface area (Å²) < 4.78 is 22.5. The molecule has 0 N–H and O–H groups in total. The highest BCUT2D eigenvalue weighted by molar-refractivity contribution is 7.91. The van der Waals surface area contributed by atoms with Crippen LogP contribution in [0.3, 0.4) is 0 Å². The lowest BCUT2D eigenvalue weighted by molar-refractivity contribution is 0.599. The Morgan fingerprint density at radius 1 is 1.31 bits per heavy atom. The summed E-state index contributed by atoms with van der Waals surface area (Å²) in [6.07, 6.45) is 0. The van der Waals surface area contributed by atoms with Gasteiger partial charge in [0.15, 0.2) is 9.84 Å². The van der Waals surface area contributed by atoms with Gasteiger partial charge in [-0.3, -0.25) is 0 Å². The van der Waals surface area contributed by atoms with Crippen LogP contribution < -0.4 is 0 Å². The van der Waals surface area contributed by atoms with Crippen LogP contribution in [0.4, 0.5) is 0 Å². The zero-order valence-corrected chi connectivity index (χ0v) is 7.71. The van der Waals surface area contributed by atoms with E-state index in [2.05, 4.69) is 6.92 Å². The Hall–Kier alpha value is -1.34. The molecule has 1 rings (SSSR count). The van der Waals surface area contributed by atoms with Crippen LogP contribution in [0.15, 0.2) is 29.2 Å². The molecule has 1 aromatic rings. The summed E-state index contributed by atoms with van der Waals surface area (Å²) in [4.78, 5) is 0.210. The summed E-state index contributed by atoms with van der Waals surface area (Å²) in [6, 6.07) is 7.69. The van der Waals surface area contributed by atoms with E-state index in [4.69, 9.17) is 5.26 Å². The molecular weight excluding hydrogens is 186 g/mol. The van der Waals surface area contributed by atoms with Gasteiger partial charge in [-0.15, -0.1) is 0 Å². The summed E-state index contributed by atoms with van der Waals surface area (Å²) in [5.41, 5.74) is 0.447. The lowest BCUT2D eigenvalue weighted by Gasteiger charge is -1.99. The number of nitrogens with zero attached hydrogens (tertiary/aromatic N) is 1. The van der Waals surface area contributed by atoms with E-state index < -0.39 is 9.84 Å². The Bertz CT molecular complexity index is 426. The molecule has 0 aliphatic carbocycles. The van der Waals surface area contributed by atoms with Crippen LogP contribution in [0, 0.1) is 18.3 Å². The zero-order valence-electron chi connectivity index (χ0n) is 6.90. The smallest absolute Gasteiger partial charge is 0.178 e. The average molecular weight is 194 g/mol. The lowest BCUT2D eigenvalue weighted by atomic mass is 10.2. The van der Waals surface area contributed by atoms with E-state index in [1.807, 2.05) is 6.07 Å². The van der Waals surface area contributed by atoms with Gasteiger partial charge >= 0.3 is 0 Å². The highest BCUT2D eigenvalue weighted by Crippen LogP contribution is 2.11. The van der Waals surface area contributed by atoms with Gasteiger partial charge in [0.25, 0.3) is 0 Å². The third kappa shape index (κ3) is 2.07. The Balaban J connectivity index is 3.15. The summed E-state index contributed by atoms with van der Waals surface area (Å²) in [5.74, 6) is -0.168. The van der Waals surface area contributed by atoms with Crippen molar-refractivity contribution >= 4 is 9.84 Å². The van der Waals surface area contributed by atoms with Crippen LogP contribution in [-0.2, 0) is 9.84 Å². The van der Waals surface area contributed by atoms with Crippen molar-refractivity contribution < 1.29 is 8.42 Å². The molecule has 3 nitrogen and oxygen atoms in total. The molecule has 0 heterocycles. The van der Waals surface area contributed by atoms with E-state index in [1.54, 1.807) is 0 Å². The lowest BCUT2D eigenvalue weighted by Crippen LogP contribution is -2.03. The molecule has 0 fully saturated rings. The first-order valence-electron chi connectivity index (χ1n) is 3.62. The first-order valence-corrected chi connectivity index (χ1v) is 5.27. The quantitative estimate of drug-likeness (QED) is 0.710. The Kier molecular flexibility index (Phi) is 2.69. The van der Waals surface area contributed by atoms with Crippen LogP contribution in [0.5, 0.6) is 0 Å². The minimum atomic E-state index is -3.24. The van der Waals surface area contributed by atoms with E-state index in [1.165, 1.54) is 24.3 Å². The molecule has 0 bridgehead atoms. The largest absolute Gasteiger partial charge is 0.224 e. The predicted molar refractivity (Wildman–Crippen MR) is 48.6 cm³/mol. The van der Waals surface area contributed by atoms with Crippen molar-refractivity contribution in [1.29, 1.82) is 5.26 Å². The molecule has 0 aliphatic rings.